The van der Waals surface area contributed by atoms with Crippen molar-refractivity contribution in [3.05, 3.63) is 11.1 Å². The van der Waals surface area contributed by atoms with E-state index in [1.807, 2.05) is 0 Å². The number of carbonyl (C=O) groups is 4. The lowest BCUT2D eigenvalue weighted by Crippen LogP contribution is -2.71. The molecule has 0 bridgehead atoms. The number of thiazole rings is 1. The second-order valence-corrected chi connectivity index (χ2v) is 11.0. The lowest BCUT2D eigenvalue weighted by atomic mass is 9.96. The van der Waals surface area contributed by atoms with Gasteiger partial charge < -0.3 is 36.3 Å². The van der Waals surface area contributed by atoms with E-state index in [0.717, 1.165) is 11.3 Å². The van der Waals surface area contributed by atoms with Crippen molar-refractivity contribution in [2.45, 2.75) is 54.6 Å². The van der Waals surface area contributed by atoms with E-state index in [9.17, 15) is 24.3 Å². The molecule has 1 aromatic heterocycles. The number of thioether (sulfide) groups is 1. The first-order valence-electron chi connectivity index (χ1n) is 9.94. The Hall–Kier alpha value is -2.91. The van der Waals surface area contributed by atoms with Gasteiger partial charge in [0, 0.05) is 23.1 Å². The van der Waals surface area contributed by atoms with E-state index in [-0.39, 0.29) is 29.5 Å². The second kappa shape index (κ2) is 8.46. The predicted octanol–water partition coefficient (Wildman–Crippen LogP) is -1.11. The third kappa shape index (κ3) is 4.22. The Morgan fingerprint density at radius 2 is 2.09 bits per heavy atom. The number of aromatic nitrogens is 1. The molecule has 178 valence electrons. The molecule has 1 aromatic rings. The first-order valence-corrected chi connectivity index (χ1v) is 11.7. The maximum absolute atomic E-state index is 13.0. The summed E-state index contributed by atoms with van der Waals surface area (Å²) in [6.45, 7) is 3.70. The minimum atomic E-state index is -1.11. The fourth-order valence-corrected chi connectivity index (χ4v) is 6.23. The zero-order valence-corrected chi connectivity index (χ0v) is 19.2. The molecule has 0 radical (unpaired) electrons. The van der Waals surface area contributed by atoms with E-state index >= 15 is 0 Å². The van der Waals surface area contributed by atoms with Crippen molar-refractivity contribution in [2.24, 2.45) is 5.16 Å². The average molecular weight is 499 g/mol. The summed E-state index contributed by atoms with van der Waals surface area (Å²) in [6.07, 6.45) is -0.416. The lowest BCUT2D eigenvalue weighted by Gasteiger charge is -2.43. The van der Waals surface area contributed by atoms with Crippen LogP contribution in [0.2, 0.25) is 0 Å². The standard InChI is InChI=1S/C18H22N6O7S2/c1-18(2)11(16(29)30)24-13(26)10(14(24)33-18)22-12(25)9(8-5-32-17(19)21-8)23-31-6-3-7(15(27)28)20-4-6/h5-7,10-11,14,20H,3-4H2,1-2H3,(H2,19,21)(H,22,25)(H,27,28)(H,29,30)/b23-9-/t6-,7-,10+,11-,14+/m0/s1. The number of nitrogens with two attached hydrogens (primary N) is 1. The summed E-state index contributed by atoms with van der Waals surface area (Å²) in [6, 6.07) is -2.71. The molecular weight excluding hydrogens is 476 g/mol. The number of nitrogens with zero attached hydrogens (tertiary/aromatic N) is 3. The first kappa shape index (κ1) is 23.3. The van der Waals surface area contributed by atoms with Crippen LogP contribution in [-0.2, 0) is 24.0 Å². The molecule has 3 aliphatic rings. The van der Waals surface area contributed by atoms with E-state index in [0.29, 0.717) is 0 Å². The number of fused-ring (bicyclic) bond motifs is 1. The SMILES string of the molecule is CC1(C)S[C@@H]2[C@H](NC(=O)/C(=N\O[C@@H]3CN[C@H](C(=O)O)C3)c3csc(N)n3)C(=O)N2[C@H]1C(=O)O. The van der Waals surface area contributed by atoms with Crippen LogP contribution in [0.15, 0.2) is 10.5 Å². The molecule has 0 unspecified atom stereocenters. The molecule has 13 nitrogen and oxygen atoms in total. The minimum absolute atomic E-state index is 0.141. The summed E-state index contributed by atoms with van der Waals surface area (Å²) in [7, 11) is 0. The molecule has 5 atom stereocenters. The van der Waals surface area contributed by atoms with Crippen molar-refractivity contribution in [3.8, 4) is 0 Å². The molecule has 3 aliphatic heterocycles. The van der Waals surface area contributed by atoms with E-state index in [1.165, 1.54) is 22.0 Å². The number of nitrogen functional groups attached to an aromatic ring is 1. The minimum Gasteiger partial charge on any atom is -0.480 e. The molecule has 4 rings (SSSR count). The van der Waals surface area contributed by atoms with Gasteiger partial charge in [-0.25, -0.2) is 9.78 Å². The topological polar surface area (TPSA) is 197 Å². The molecular formula is C18H22N6O7S2. The van der Waals surface area contributed by atoms with Crippen LogP contribution in [0.4, 0.5) is 5.13 Å². The maximum Gasteiger partial charge on any atom is 0.327 e. The zero-order chi connectivity index (χ0) is 24.1. The van der Waals surface area contributed by atoms with E-state index in [2.05, 4.69) is 20.8 Å². The number of carboxylic acid groups (broad SMARTS) is 2. The van der Waals surface area contributed by atoms with E-state index in [1.54, 1.807) is 13.8 Å². The van der Waals surface area contributed by atoms with Gasteiger partial charge in [0.1, 0.15) is 35.3 Å². The largest absolute Gasteiger partial charge is 0.480 e. The van der Waals surface area contributed by atoms with Crippen molar-refractivity contribution >= 4 is 57.7 Å². The fourth-order valence-electron chi connectivity index (χ4n) is 4.05. The number of aliphatic carboxylic acids is 2. The molecule has 0 aliphatic carbocycles. The molecule has 0 saturated carbocycles. The normalized spacial score (nSPS) is 30.5. The van der Waals surface area contributed by atoms with Gasteiger partial charge in [0.25, 0.3) is 5.91 Å². The van der Waals surface area contributed by atoms with Crippen LogP contribution in [-0.4, -0.2) is 90.5 Å². The van der Waals surface area contributed by atoms with Crippen molar-refractivity contribution < 1.29 is 34.2 Å². The number of anilines is 1. The summed E-state index contributed by atoms with van der Waals surface area (Å²) in [4.78, 5) is 59.2. The Balaban J connectivity index is 1.49. The third-order valence-corrected chi connectivity index (χ3v) is 7.87. The van der Waals surface area contributed by atoms with Crippen molar-refractivity contribution in [1.29, 1.82) is 0 Å². The molecule has 15 heteroatoms. The van der Waals surface area contributed by atoms with Crippen molar-refractivity contribution in [1.82, 2.24) is 20.5 Å². The Kier molecular flexibility index (Phi) is 5.96. The average Bonchev–Trinajstić information content (AvgIpc) is 3.43. The van der Waals surface area contributed by atoms with Gasteiger partial charge in [-0.15, -0.1) is 23.1 Å². The van der Waals surface area contributed by atoms with E-state index in [4.69, 9.17) is 15.7 Å². The Bertz CT molecular complexity index is 1040. The highest BCUT2D eigenvalue weighted by Gasteiger charge is 2.64. The van der Waals surface area contributed by atoms with Crippen LogP contribution in [0.5, 0.6) is 0 Å². The molecule has 6 N–H and O–H groups in total. The van der Waals surface area contributed by atoms with Gasteiger partial charge >= 0.3 is 11.9 Å². The quantitative estimate of drug-likeness (QED) is 0.174. The van der Waals surface area contributed by atoms with Gasteiger partial charge in [-0.3, -0.25) is 14.4 Å². The number of carboxylic acids is 2. The summed E-state index contributed by atoms with van der Waals surface area (Å²) in [5.41, 5.74) is 5.60. The summed E-state index contributed by atoms with van der Waals surface area (Å²) in [5.74, 6) is -3.36. The Labute approximate surface area is 195 Å². The highest BCUT2D eigenvalue weighted by Crippen LogP contribution is 2.50. The van der Waals surface area contributed by atoms with Crippen LogP contribution in [0, 0.1) is 0 Å². The Morgan fingerprint density at radius 3 is 2.67 bits per heavy atom. The first-order chi connectivity index (χ1) is 15.5. The van der Waals surface area contributed by atoms with Gasteiger partial charge in [0.05, 0.1) is 0 Å². The van der Waals surface area contributed by atoms with Gasteiger partial charge in [-0.2, -0.15) is 0 Å². The van der Waals surface area contributed by atoms with Gasteiger partial charge in [0.2, 0.25) is 5.91 Å². The number of oxime groups is 1. The molecule has 33 heavy (non-hydrogen) atoms. The lowest BCUT2D eigenvalue weighted by molar-refractivity contribution is -0.160. The van der Waals surface area contributed by atoms with Gasteiger partial charge in [0.15, 0.2) is 10.8 Å². The van der Waals surface area contributed by atoms with Crippen LogP contribution in [0.3, 0.4) is 0 Å². The number of β-lactam (4-membered cyclic amide) rings is 1. The van der Waals surface area contributed by atoms with Crippen LogP contribution < -0.4 is 16.4 Å². The van der Waals surface area contributed by atoms with Crippen LogP contribution in [0.25, 0.3) is 0 Å². The number of nitrogens with one attached hydrogen (secondary N) is 2. The number of carbonyl (C=O) groups excluding carboxylic acids is 2. The van der Waals surface area contributed by atoms with Crippen LogP contribution in [0.1, 0.15) is 26.0 Å². The number of amides is 2. The molecule has 3 fully saturated rings. The van der Waals surface area contributed by atoms with Gasteiger partial charge in [-0.05, 0) is 13.8 Å². The Morgan fingerprint density at radius 1 is 1.36 bits per heavy atom. The number of rotatable bonds is 7. The third-order valence-electron chi connectivity index (χ3n) is 5.62. The summed E-state index contributed by atoms with van der Waals surface area (Å²) in [5, 5.41) is 29.1. The smallest absolute Gasteiger partial charge is 0.327 e. The second-order valence-electron chi connectivity index (χ2n) is 8.32. The highest BCUT2D eigenvalue weighted by molar-refractivity contribution is 8.01. The van der Waals surface area contributed by atoms with Gasteiger partial charge in [-0.1, -0.05) is 5.16 Å². The zero-order valence-electron chi connectivity index (χ0n) is 17.5. The summed E-state index contributed by atoms with van der Waals surface area (Å²) < 4.78 is -0.731. The number of hydrogen-bond donors (Lipinski definition) is 5. The number of hydrogen-bond acceptors (Lipinski definition) is 11. The maximum atomic E-state index is 13.0. The molecule has 3 saturated heterocycles. The van der Waals surface area contributed by atoms with Crippen LogP contribution >= 0.6 is 23.1 Å². The van der Waals surface area contributed by atoms with Crippen molar-refractivity contribution in [3.63, 3.8) is 0 Å². The van der Waals surface area contributed by atoms with E-state index < -0.39 is 58.1 Å². The summed E-state index contributed by atoms with van der Waals surface area (Å²) >= 11 is 2.38. The monoisotopic (exact) mass is 498 g/mol. The molecule has 0 aromatic carbocycles. The van der Waals surface area contributed by atoms with Crippen molar-refractivity contribution in [2.75, 3.05) is 12.3 Å². The molecule has 2 amide bonds. The highest BCUT2D eigenvalue weighted by atomic mass is 32.2. The fraction of sp³-hybridized carbons (Fsp3) is 0.556. The molecule has 0 spiro atoms. The molecule has 4 heterocycles. The predicted molar refractivity (Wildman–Crippen MR) is 118 cm³/mol.